The highest BCUT2D eigenvalue weighted by atomic mass is 16.7. The van der Waals surface area contributed by atoms with E-state index in [-0.39, 0.29) is 0 Å². The smallest absolute Gasteiger partial charge is 0.303 e. The zero-order valence-corrected chi connectivity index (χ0v) is 8.11. The van der Waals surface area contributed by atoms with E-state index in [2.05, 4.69) is 9.47 Å². The Labute approximate surface area is 85.9 Å². The third-order valence-electron chi connectivity index (χ3n) is 2.14. The minimum atomic E-state index is -1.60. The van der Waals surface area contributed by atoms with Gasteiger partial charge in [-0.1, -0.05) is 0 Å². The van der Waals surface area contributed by atoms with Crippen LogP contribution in [0.15, 0.2) is 0 Å². The fraction of sp³-hybridized carbons (Fsp3) is 0.875. The molecule has 4 N–H and O–H groups in total. The van der Waals surface area contributed by atoms with Crippen LogP contribution in [0.1, 0.15) is 6.92 Å². The SMILES string of the molecule is CC(=O)O[C@H]1[C@H](O)[C@@H](CO)OC(O)[C@@H]1O. The molecule has 5 atom stereocenters. The fourth-order valence-corrected chi connectivity index (χ4v) is 1.40. The van der Waals surface area contributed by atoms with Crippen molar-refractivity contribution in [3.63, 3.8) is 0 Å². The van der Waals surface area contributed by atoms with Crippen molar-refractivity contribution in [2.75, 3.05) is 6.61 Å². The molecule has 0 aliphatic carbocycles. The number of hydrogen-bond acceptors (Lipinski definition) is 7. The van der Waals surface area contributed by atoms with Crippen LogP contribution in [-0.4, -0.2) is 63.7 Å². The molecule has 1 aliphatic rings. The van der Waals surface area contributed by atoms with Gasteiger partial charge < -0.3 is 29.9 Å². The van der Waals surface area contributed by atoms with Gasteiger partial charge in [0.1, 0.15) is 18.3 Å². The molecule has 1 unspecified atom stereocenters. The quantitative estimate of drug-likeness (QED) is 0.377. The Balaban J connectivity index is 2.74. The van der Waals surface area contributed by atoms with Gasteiger partial charge in [-0.3, -0.25) is 4.79 Å². The Morgan fingerprint density at radius 2 is 1.93 bits per heavy atom. The summed E-state index contributed by atoms with van der Waals surface area (Å²) >= 11 is 0. The molecule has 1 rings (SSSR count). The molecule has 1 aliphatic heterocycles. The Bertz CT molecular complexity index is 231. The van der Waals surface area contributed by atoms with Crippen LogP contribution in [0, 0.1) is 0 Å². The molecule has 0 spiro atoms. The van der Waals surface area contributed by atoms with Gasteiger partial charge in [-0.2, -0.15) is 0 Å². The topological polar surface area (TPSA) is 116 Å². The lowest BCUT2D eigenvalue weighted by Crippen LogP contribution is -2.59. The van der Waals surface area contributed by atoms with Crippen molar-refractivity contribution in [1.82, 2.24) is 0 Å². The third-order valence-corrected chi connectivity index (χ3v) is 2.14. The average molecular weight is 222 g/mol. The largest absolute Gasteiger partial charge is 0.457 e. The second-order valence-corrected chi connectivity index (χ2v) is 3.30. The molecule has 88 valence electrons. The van der Waals surface area contributed by atoms with E-state index in [1.165, 1.54) is 0 Å². The molecular formula is C8H14O7. The number of carbonyl (C=O) groups excluding carboxylic acids is 1. The number of carbonyl (C=O) groups is 1. The van der Waals surface area contributed by atoms with Gasteiger partial charge in [0.2, 0.25) is 0 Å². The van der Waals surface area contributed by atoms with E-state index in [4.69, 9.17) is 5.11 Å². The number of aliphatic hydroxyl groups excluding tert-OH is 4. The van der Waals surface area contributed by atoms with Gasteiger partial charge in [0.25, 0.3) is 0 Å². The number of hydrogen-bond donors (Lipinski definition) is 4. The van der Waals surface area contributed by atoms with Crippen LogP contribution in [0.3, 0.4) is 0 Å². The summed E-state index contributed by atoms with van der Waals surface area (Å²) in [5.41, 5.74) is 0. The van der Waals surface area contributed by atoms with Crippen molar-refractivity contribution in [2.45, 2.75) is 37.6 Å². The highest BCUT2D eigenvalue weighted by Crippen LogP contribution is 2.22. The molecule has 0 aromatic rings. The van der Waals surface area contributed by atoms with E-state index < -0.39 is 43.3 Å². The van der Waals surface area contributed by atoms with Gasteiger partial charge in [0.15, 0.2) is 12.4 Å². The van der Waals surface area contributed by atoms with Crippen LogP contribution in [0.2, 0.25) is 0 Å². The maximum atomic E-state index is 10.7. The third kappa shape index (κ3) is 2.64. The molecule has 1 fully saturated rings. The molecule has 0 aromatic heterocycles. The van der Waals surface area contributed by atoms with Gasteiger partial charge >= 0.3 is 5.97 Å². The summed E-state index contributed by atoms with van der Waals surface area (Å²) in [5, 5.41) is 36.9. The van der Waals surface area contributed by atoms with E-state index >= 15 is 0 Å². The van der Waals surface area contributed by atoms with Crippen molar-refractivity contribution < 1.29 is 34.7 Å². The summed E-state index contributed by atoms with van der Waals surface area (Å²) in [4.78, 5) is 10.7. The number of esters is 1. The molecule has 0 saturated carbocycles. The minimum absolute atomic E-state index is 0.553. The van der Waals surface area contributed by atoms with Crippen molar-refractivity contribution >= 4 is 5.97 Å². The van der Waals surface area contributed by atoms with E-state index in [0.717, 1.165) is 6.92 Å². The Morgan fingerprint density at radius 3 is 2.40 bits per heavy atom. The molecule has 1 heterocycles. The second-order valence-electron chi connectivity index (χ2n) is 3.30. The van der Waals surface area contributed by atoms with Gasteiger partial charge in [0.05, 0.1) is 6.61 Å². The standard InChI is InChI=1S/C8H14O7/c1-3(10)14-7-5(11)4(2-9)15-8(13)6(7)12/h4-9,11-13H,2H2,1H3/t4-,5-,6-,7+,8?/m1/s1. The number of ether oxygens (including phenoxy) is 2. The van der Waals surface area contributed by atoms with E-state index in [1.807, 2.05) is 0 Å². The summed E-state index contributed by atoms with van der Waals surface area (Å²) in [6.45, 7) is 0.554. The van der Waals surface area contributed by atoms with Gasteiger partial charge in [-0.15, -0.1) is 0 Å². The van der Waals surface area contributed by atoms with Crippen LogP contribution in [-0.2, 0) is 14.3 Å². The first kappa shape index (κ1) is 12.3. The van der Waals surface area contributed by atoms with Crippen LogP contribution >= 0.6 is 0 Å². The van der Waals surface area contributed by atoms with Gasteiger partial charge in [-0.05, 0) is 0 Å². The van der Waals surface area contributed by atoms with Crippen molar-refractivity contribution in [3.8, 4) is 0 Å². The summed E-state index contributed by atoms with van der Waals surface area (Å²) in [6.07, 6.45) is -6.91. The van der Waals surface area contributed by atoms with Gasteiger partial charge in [-0.25, -0.2) is 0 Å². The average Bonchev–Trinajstić information content (AvgIpc) is 2.18. The maximum Gasteiger partial charge on any atom is 0.303 e. The van der Waals surface area contributed by atoms with E-state index in [1.54, 1.807) is 0 Å². The Morgan fingerprint density at radius 1 is 1.33 bits per heavy atom. The highest BCUT2D eigenvalue weighted by molar-refractivity contribution is 5.66. The maximum absolute atomic E-state index is 10.7. The zero-order chi connectivity index (χ0) is 11.6. The first-order valence-electron chi connectivity index (χ1n) is 4.45. The lowest BCUT2D eigenvalue weighted by atomic mass is 9.99. The molecule has 0 aromatic carbocycles. The van der Waals surface area contributed by atoms with Crippen molar-refractivity contribution in [3.05, 3.63) is 0 Å². The number of rotatable bonds is 2. The molecule has 1 saturated heterocycles. The fourth-order valence-electron chi connectivity index (χ4n) is 1.40. The Kier molecular flexibility index (Phi) is 4.00. The predicted molar refractivity (Wildman–Crippen MR) is 45.5 cm³/mol. The lowest BCUT2D eigenvalue weighted by molar-refractivity contribution is -0.289. The Hall–Kier alpha value is -0.730. The summed E-state index contributed by atoms with van der Waals surface area (Å²) < 4.78 is 9.31. The molecule has 15 heavy (non-hydrogen) atoms. The molecule has 7 nitrogen and oxygen atoms in total. The molecule has 7 heteroatoms. The van der Waals surface area contributed by atoms with Crippen molar-refractivity contribution in [1.29, 1.82) is 0 Å². The summed E-state index contributed by atoms with van der Waals surface area (Å²) in [7, 11) is 0. The van der Waals surface area contributed by atoms with Crippen LogP contribution in [0.5, 0.6) is 0 Å². The minimum Gasteiger partial charge on any atom is -0.457 e. The number of aliphatic hydroxyl groups is 4. The second kappa shape index (κ2) is 4.86. The van der Waals surface area contributed by atoms with E-state index in [9.17, 15) is 20.1 Å². The molecule has 0 bridgehead atoms. The van der Waals surface area contributed by atoms with Crippen LogP contribution in [0.25, 0.3) is 0 Å². The summed E-state index contributed by atoms with van der Waals surface area (Å²) in [6, 6.07) is 0. The van der Waals surface area contributed by atoms with Crippen LogP contribution < -0.4 is 0 Å². The molecule has 0 radical (unpaired) electrons. The van der Waals surface area contributed by atoms with Gasteiger partial charge in [0, 0.05) is 6.92 Å². The lowest BCUT2D eigenvalue weighted by Gasteiger charge is -2.39. The van der Waals surface area contributed by atoms with Crippen molar-refractivity contribution in [2.24, 2.45) is 0 Å². The molecular weight excluding hydrogens is 208 g/mol. The highest BCUT2D eigenvalue weighted by Gasteiger charge is 2.45. The molecule has 0 amide bonds. The van der Waals surface area contributed by atoms with E-state index in [0.29, 0.717) is 0 Å². The monoisotopic (exact) mass is 222 g/mol. The first-order valence-corrected chi connectivity index (χ1v) is 4.45. The zero-order valence-electron chi connectivity index (χ0n) is 8.11. The summed E-state index contributed by atoms with van der Waals surface area (Å²) in [5.74, 6) is -0.705. The predicted octanol–water partition coefficient (Wildman–Crippen LogP) is -2.65. The first-order chi connectivity index (χ1) is 6.97. The van der Waals surface area contributed by atoms with Crippen LogP contribution in [0.4, 0.5) is 0 Å². The normalized spacial score (nSPS) is 41.3.